The van der Waals surface area contributed by atoms with E-state index in [0.29, 0.717) is 12.8 Å². The third kappa shape index (κ3) is 3.15. The van der Waals surface area contributed by atoms with Crippen LogP contribution in [0.3, 0.4) is 0 Å². The third-order valence-corrected chi connectivity index (χ3v) is 5.30. The first-order chi connectivity index (χ1) is 9.39. The van der Waals surface area contributed by atoms with Crippen LogP contribution in [0.4, 0.5) is 10.1 Å². The molecule has 1 saturated heterocycles. The molecular weight excluding hydrogens is 325 g/mol. The Bertz CT molecular complexity index is 640. The monoisotopic (exact) mass is 339 g/mol. The van der Waals surface area contributed by atoms with Crippen LogP contribution in [0.15, 0.2) is 23.1 Å². The van der Waals surface area contributed by atoms with E-state index in [9.17, 15) is 22.9 Å². The van der Waals surface area contributed by atoms with Crippen LogP contribution in [0.1, 0.15) is 12.8 Å². The number of nitro groups is 1. The van der Waals surface area contributed by atoms with Crippen LogP contribution in [0.25, 0.3) is 0 Å². The summed E-state index contributed by atoms with van der Waals surface area (Å²) in [7, 11) is -4.13. The SMILES string of the molecule is Cl.NCC1CCCN1S(=O)(=O)c1cccc(F)c1[N+](=O)[O-]. The molecule has 0 aliphatic carbocycles. The predicted octanol–water partition coefficient (Wildman–Crippen LogP) is 1.27. The van der Waals surface area contributed by atoms with Gasteiger partial charge in [0.2, 0.25) is 15.8 Å². The highest BCUT2D eigenvalue weighted by molar-refractivity contribution is 7.89. The number of nitro benzene ring substituents is 1. The summed E-state index contributed by atoms with van der Waals surface area (Å²) in [6, 6.07) is 2.65. The molecule has 1 aromatic carbocycles. The van der Waals surface area contributed by atoms with Gasteiger partial charge >= 0.3 is 5.69 Å². The minimum Gasteiger partial charge on any atom is -0.329 e. The van der Waals surface area contributed by atoms with Crippen molar-refractivity contribution in [1.82, 2.24) is 4.31 Å². The molecule has 2 N–H and O–H groups in total. The molecule has 1 heterocycles. The number of rotatable bonds is 4. The molecule has 2 rings (SSSR count). The van der Waals surface area contributed by atoms with Crippen LogP contribution in [-0.2, 0) is 10.0 Å². The molecule has 0 bridgehead atoms. The van der Waals surface area contributed by atoms with Gasteiger partial charge in [0.05, 0.1) is 4.92 Å². The number of sulfonamides is 1. The highest BCUT2D eigenvalue weighted by atomic mass is 35.5. The van der Waals surface area contributed by atoms with Gasteiger partial charge in [-0.1, -0.05) is 6.07 Å². The summed E-state index contributed by atoms with van der Waals surface area (Å²) in [6.45, 7) is 0.361. The van der Waals surface area contributed by atoms with Crippen LogP contribution in [0, 0.1) is 15.9 Å². The van der Waals surface area contributed by atoms with E-state index in [4.69, 9.17) is 5.73 Å². The first kappa shape index (κ1) is 17.8. The second-order valence-electron chi connectivity index (χ2n) is 4.49. The fraction of sp³-hybridized carbons (Fsp3) is 0.455. The minimum absolute atomic E-state index is 0. The molecule has 118 valence electrons. The lowest BCUT2D eigenvalue weighted by Crippen LogP contribution is -2.40. The van der Waals surface area contributed by atoms with Crippen molar-refractivity contribution < 1.29 is 17.7 Å². The molecule has 21 heavy (non-hydrogen) atoms. The Morgan fingerprint density at radius 2 is 2.14 bits per heavy atom. The number of nitrogens with two attached hydrogens (primary N) is 1. The largest absolute Gasteiger partial charge is 0.329 e. The van der Waals surface area contributed by atoms with Crippen molar-refractivity contribution in [3.63, 3.8) is 0 Å². The number of hydrogen-bond acceptors (Lipinski definition) is 5. The lowest BCUT2D eigenvalue weighted by molar-refractivity contribution is -0.390. The zero-order chi connectivity index (χ0) is 14.9. The van der Waals surface area contributed by atoms with E-state index >= 15 is 0 Å². The topological polar surface area (TPSA) is 107 Å². The highest BCUT2D eigenvalue weighted by Gasteiger charge is 2.39. The highest BCUT2D eigenvalue weighted by Crippen LogP contribution is 2.32. The van der Waals surface area contributed by atoms with Crippen molar-refractivity contribution in [2.45, 2.75) is 23.8 Å². The standard InChI is InChI=1S/C11H14FN3O4S.ClH/c12-9-4-1-5-10(11(9)15(16)17)20(18,19)14-6-2-3-8(14)7-13;/h1,4-5,8H,2-3,6-7,13H2;1H. The second kappa shape index (κ2) is 6.65. The van der Waals surface area contributed by atoms with E-state index in [0.717, 1.165) is 22.5 Å². The zero-order valence-corrected chi connectivity index (χ0v) is 12.6. The molecule has 1 aliphatic rings. The zero-order valence-electron chi connectivity index (χ0n) is 10.9. The molecule has 1 fully saturated rings. The maximum atomic E-state index is 13.5. The fourth-order valence-corrected chi connectivity index (χ4v) is 4.24. The van der Waals surface area contributed by atoms with Crippen LogP contribution in [0.5, 0.6) is 0 Å². The normalized spacial score (nSPS) is 19.2. The van der Waals surface area contributed by atoms with Gasteiger partial charge in [-0.25, -0.2) is 8.42 Å². The van der Waals surface area contributed by atoms with Crippen molar-refractivity contribution in [2.75, 3.05) is 13.1 Å². The predicted molar refractivity (Wildman–Crippen MR) is 76.3 cm³/mol. The van der Waals surface area contributed by atoms with Gasteiger partial charge in [0.25, 0.3) is 0 Å². The van der Waals surface area contributed by atoms with Gasteiger partial charge in [-0.15, -0.1) is 12.4 Å². The summed E-state index contributed by atoms with van der Waals surface area (Å²) >= 11 is 0. The molecule has 0 aromatic heterocycles. The van der Waals surface area contributed by atoms with Gasteiger partial charge in [-0.05, 0) is 25.0 Å². The number of nitrogens with zero attached hydrogens (tertiary/aromatic N) is 2. The van der Waals surface area contributed by atoms with Crippen molar-refractivity contribution in [1.29, 1.82) is 0 Å². The quantitative estimate of drug-likeness (QED) is 0.656. The van der Waals surface area contributed by atoms with Crippen molar-refractivity contribution in [2.24, 2.45) is 5.73 Å². The van der Waals surface area contributed by atoms with Gasteiger partial charge in [0.15, 0.2) is 4.90 Å². The smallest absolute Gasteiger partial charge is 0.324 e. The lowest BCUT2D eigenvalue weighted by atomic mass is 10.2. The Kier molecular flexibility index (Phi) is 5.62. The second-order valence-corrected chi connectivity index (χ2v) is 6.35. The van der Waals surface area contributed by atoms with E-state index in [1.54, 1.807) is 0 Å². The Hall–Kier alpha value is -1.29. The molecule has 0 amide bonds. The summed E-state index contributed by atoms with van der Waals surface area (Å²) in [4.78, 5) is 9.27. The number of halogens is 2. The summed E-state index contributed by atoms with van der Waals surface area (Å²) in [5, 5.41) is 10.9. The van der Waals surface area contributed by atoms with Crippen molar-refractivity contribution in [3.8, 4) is 0 Å². The molecule has 1 aliphatic heterocycles. The summed E-state index contributed by atoms with van der Waals surface area (Å²) in [6.07, 6.45) is 1.23. The fourth-order valence-electron chi connectivity index (χ4n) is 2.37. The molecule has 1 atom stereocenters. The Labute approximate surface area is 127 Å². The first-order valence-corrected chi connectivity index (χ1v) is 7.48. The average Bonchev–Trinajstić information content (AvgIpc) is 2.86. The Morgan fingerprint density at radius 3 is 2.71 bits per heavy atom. The van der Waals surface area contributed by atoms with Crippen LogP contribution >= 0.6 is 12.4 Å². The van der Waals surface area contributed by atoms with Gasteiger partial charge in [-0.3, -0.25) is 10.1 Å². The molecule has 1 aromatic rings. The van der Waals surface area contributed by atoms with Crippen molar-refractivity contribution >= 4 is 28.1 Å². The average molecular weight is 340 g/mol. The summed E-state index contributed by atoms with van der Waals surface area (Å²) in [5.74, 6) is -1.17. The van der Waals surface area contributed by atoms with E-state index < -0.39 is 37.4 Å². The summed E-state index contributed by atoms with van der Waals surface area (Å²) < 4.78 is 39.6. The third-order valence-electron chi connectivity index (χ3n) is 3.31. The van der Waals surface area contributed by atoms with Gasteiger partial charge < -0.3 is 5.73 Å². The first-order valence-electron chi connectivity index (χ1n) is 6.04. The maximum Gasteiger partial charge on any atom is 0.324 e. The Morgan fingerprint density at radius 1 is 1.48 bits per heavy atom. The lowest BCUT2D eigenvalue weighted by Gasteiger charge is -2.22. The van der Waals surface area contributed by atoms with E-state index in [-0.39, 0.29) is 25.5 Å². The number of hydrogen-bond donors (Lipinski definition) is 1. The molecule has 0 spiro atoms. The van der Waals surface area contributed by atoms with Crippen LogP contribution < -0.4 is 5.73 Å². The molecule has 7 nitrogen and oxygen atoms in total. The van der Waals surface area contributed by atoms with Gasteiger partial charge in [0.1, 0.15) is 0 Å². The molecule has 0 saturated carbocycles. The van der Waals surface area contributed by atoms with Crippen LogP contribution in [0.2, 0.25) is 0 Å². The van der Waals surface area contributed by atoms with Crippen LogP contribution in [-0.4, -0.2) is 36.8 Å². The molecule has 0 radical (unpaired) electrons. The number of benzene rings is 1. The van der Waals surface area contributed by atoms with Gasteiger partial charge in [0, 0.05) is 19.1 Å². The number of para-hydroxylation sites is 1. The van der Waals surface area contributed by atoms with Crippen molar-refractivity contribution in [3.05, 3.63) is 34.1 Å². The maximum absolute atomic E-state index is 13.5. The molecule has 1 unspecified atom stereocenters. The summed E-state index contributed by atoms with van der Waals surface area (Å²) in [5.41, 5.74) is 4.49. The van der Waals surface area contributed by atoms with E-state index in [1.165, 1.54) is 0 Å². The van der Waals surface area contributed by atoms with E-state index in [1.807, 2.05) is 0 Å². The Balaban J connectivity index is 0.00000220. The molecule has 10 heteroatoms. The molecular formula is C11H15ClFN3O4S. The van der Waals surface area contributed by atoms with Gasteiger partial charge in [-0.2, -0.15) is 8.70 Å². The minimum atomic E-state index is -4.13. The van der Waals surface area contributed by atoms with E-state index in [2.05, 4.69) is 0 Å².